The van der Waals surface area contributed by atoms with Gasteiger partial charge in [-0.15, -0.1) is 12.6 Å². The first-order chi connectivity index (χ1) is 9.52. The largest absolute Gasteiger partial charge is 0.311 e. The molecule has 2 aromatic carbocycles. The lowest BCUT2D eigenvalue weighted by molar-refractivity contribution is 0.0993. The van der Waals surface area contributed by atoms with Gasteiger partial charge < -0.3 is 4.90 Å². The highest BCUT2D eigenvalue weighted by molar-refractivity contribution is 7.80. The number of hydrogen-bond donors (Lipinski definition) is 1. The van der Waals surface area contributed by atoms with E-state index < -0.39 is 0 Å². The minimum Gasteiger partial charge on any atom is -0.311 e. The Labute approximate surface area is 127 Å². The van der Waals surface area contributed by atoms with Crippen LogP contribution in [-0.4, -0.2) is 13.0 Å². The van der Waals surface area contributed by atoms with Crippen molar-refractivity contribution < 1.29 is 4.79 Å². The maximum atomic E-state index is 12.4. The molecule has 0 heterocycles. The molecule has 0 N–H and O–H groups in total. The summed E-state index contributed by atoms with van der Waals surface area (Å²) in [5.41, 5.74) is 1.51. The summed E-state index contributed by atoms with van der Waals surface area (Å²) in [6, 6.07) is 13.8. The molecule has 0 saturated carbocycles. The monoisotopic (exact) mass is 302 g/mol. The molecular formula is C15H11ClN2OS. The van der Waals surface area contributed by atoms with Crippen LogP contribution in [0.4, 0.5) is 5.69 Å². The van der Waals surface area contributed by atoms with Gasteiger partial charge in [0.1, 0.15) is 0 Å². The minimum atomic E-state index is -0.249. The van der Waals surface area contributed by atoms with Gasteiger partial charge in [0, 0.05) is 17.6 Å². The van der Waals surface area contributed by atoms with Crippen molar-refractivity contribution in [1.29, 1.82) is 5.26 Å². The first-order valence-electron chi connectivity index (χ1n) is 5.79. The van der Waals surface area contributed by atoms with E-state index in [2.05, 4.69) is 12.6 Å². The van der Waals surface area contributed by atoms with Crippen molar-refractivity contribution in [1.82, 2.24) is 0 Å². The Hall–Kier alpha value is -1.96. The van der Waals surface area contributed by atoms with Gasteiger partial charge >= 0.3 is 0 Å². The smallest absolute Gasteiger partial charge is 0.259 e. The van der Waals surface area contributed by atoms with E-state index in [1.54, 1.807) is 49.5 Å². The van der Waals surface area contributed by atoms with Gasteiger partial charge in [0.15, 0.2) is 0 Å². The van der Waals surface area contributed by atoms with Crippen LogP contribution in [0.5, 0.6) is 0 Å². The third-order valence-electron chi connectivity index (χ3n) is 2.85. The molecular weight excluding hydrogens is 292 g/mol. The Balaban J connectivity index is 2.37. The molecule has 2 aromatic rings. The van der Waals surface area contributed by atoms with Crippen molar-refractivity contribution >= 4 is 35.8 Å². The SMILES string of the molecule is CN(C(=O)c1cc(S)ccc1Cl)c1cccc(C#N)c1. The highest BCUT2D eigenvalue weighted by atomic mass is 35.5. The van der Waals surface area contributed by atoms with Crippen LogP contribution in [0.15, 0.2) is 47.4 Å². The molecule has 0 aliphatic heterocycles. The van der Waals surface area contributed by atoms with E-state index in [9.17, 15) is 4.79 Å². The summed E-state index contributed by atoms with van der Waals surface area (Å²) in [6.45, 7) is 0. The Bertz CT molecular complexity index is 709. The lowest BCUT2D eigenvalue weighted by atomic mass is 10.1. The maximum absolute atomic E-state index is 12.4. The second-order valence-corrected chi connectivity index (χ2v) is 5.11. The molecule has 0 saturated heterocycles. The summed E-state index contributed by atoms with van der Waals surface area (Å²) >= 11 is 10.3. The number of hydrogen-bond acceptors (Lipinski definition) is 3. The van der Waals surface area contributed by atoms with Gasteiger partial charge in [0.05, 0.1) is 22.2 Å². The van der Waals surface area contributed by atoms with E-state index in [4.69, 9.17) is 16.9 Å². The average molecular weight is 303 g/mol. The second-order valence-electron chi connectivity index (χ2n) is 4.19. The summed E-state index contributed by atoms with van der Waals surface area (Å²) in [7, 11) is 1.64. The fourth-order valence-corrected chi connectivity index (χ4v) is 2.16. The Morgan fingerprint density at radius 2 is 2.05 bits per heavy atom. The van der Waals surface area contributed by atoms with Crippen LogP contribution >= 0.6 is 24.2 Å². The second kappa shape index (κ2) is 6.00. The van der Waals surface area contributed by atoms with Gasteiger partial charge in [0.2, 0.25) is 0 Å². The molecule has 0 aliphatic rings. The van der Waals surface area contributed by atoms with E-state index in [1.807, 2.05) is 6.07 Å². The van der Waals surface area contributed by atoms with E-state index in [1.165, 1.54) is 4.90 Å². The molecule has 0 aliphatic carbocycles. The fraction of sp³-hybridized carbons (Fsp3) is 0.0667. The molecule has 0 bridgehead atoms. The lowest BCUT2D eigenvalue weighted by Gasteiger charge is -2.18. The molecule has 0 spiro atoms. The summed E-state index contributed by atoms with van der Waals surface area (Å²) in [6.07, 6.45) is 0. The molecule has 1 amide bonds. The lowest BCUT2D eigenvalue weighted by Crippen LogP contribution is -2.26. The molecule has 0 radical (unpaired) electrons. The zero-order chi connectivity index (χ0) is 14.7. The Morgan fingerprint density at radius 3 is 2.75 bits per heavy atom. The van der Waals surface area contributed by atoms with Crippen LogP contribution in [0.25, 0.3) is 0 Å². The zero-order valence-electron chi connectivity index (χ0n) is 10.7. The molecule has 0 fully saturated rings. The van der Waals surface area contributed by atoms with Crippen LogP contribution in [-0.2, 0) is 0 Å². The molecule has 3 nitrogen and oxygen atoms in total. The van der Waals surface area contributed by atoms with Gasteiger partial charge in [-0.05, 0) is 36.4 Å². The number of thiol groups is 1. The predicted molar refractivity (Wildman–Crippen MR) is 82.6 cm³/mol. The maximum Gasteiger partial charge on any atom is 0.259 e. The van der Waals surface area contributed by atoms with Gasteiger partial charge in [-0.1, -0.05) is 17.7 Å². The van der Waals surface area contributed by atoms with Gasteiger partial charge in [0.25, 0.3) is 5.91 Å². The quantitative estimate of drug-likeness (QED) is 0.858. The van der Waals surface area contributed by atoms with E-state index in [0.29, 0.717) is 26.7 Å². The van der Waals surface area contributed by atoms with E-state index in [0.717, 1.165) is 0 Å². The van der Waals surface area contributed by atoms with Crippen molar-refractivity contribution in [2.45, 2.75) is 4.90 Å². The number of amides is 1. The third kappa shape index (κ3) is 2.96. The number of nitrogens with zero attached hydrogens (tertiary/aromatic N) is 2. The summed E-state index contributed by atoms with van der Waals surface area (Å²) in [5, 5.41) is 9.27. The number of benzene rings is 2. The van der Waals surface area contributed by atoms with Crippen molar-refractivity contribution in [2.75, 3.05) is 11.9 Å². The van der Waals surface area contributed by atoms with Crippen LogP contribution < -0.4 is 4.90 Å². The van der Waals surface area contributed by atoms with Gasteiger partial charge in [-0.2, -0.15) is 5.26 Å². The van der Waals surface area contributed by atoms with Crippen LogP contribution in [0.2, 0.25) is 5.02 Å². The summed E-state index contributed by atoms with van der Waals surface area (Å²) < 4.78 is 0. The number of anilines is 1. The van der Waals surface area contributed by atoms with Crippen molar-refractivity contribution in [2.24, 2.45) is 0 Å². The van der Waals surface area contributed by atoms with Gasteiger partial charge in [-0.3, -0.25) is 4.79 Å². The Kier molecular flexibility index (Phi) is 4.33. The molecule has 5 heteroatoms. The average Bonchev–Trinajstić information content (AvgIpc) is 2.48. The fourth-order valence-electron chi connectivity index (χ4n) is 1.76. The summed E-state index contributed by atoms with van der Waals surface area (Å²) in [5.74, 6) is -0.249. The van der Waals surface area contributed by atoms with Crippen LogP contribution in [0.1, 0.15) is 15.9 Å². The molecule has 100 valence electrons. The standard InChI is InChI=1S/C15H11ClN2OS/c1-18(11-4-2-3-10(7-11)9-17)15(19)13-8-12(20)5-6-14(13)16/h2-8,20H,1H3. The number of halogens is 1. The first-order valence-corrected chi connectivity index (χ1v) is 6.62. The summed E-state index contributed by atoms with van der Waals surface area (Å²) in [4.78, 5) is 14.6. The number of rotatable bonds is 2. The van der Waals surface area contributed by atoms with Crippen molar-refractivity contribution in [3.63, 3.8) is 0 Å². The molecule has 0 unspecified atom stereocenters. The molecule has 20 heavy (non-hydrogen) atoms. The van der Waals surface area contributed by atoms with E-state index >= 15 is 0 Å². The number of carbonyl (C=O) groups is 1. The van der Waals surface area contributed by atoms with Crippen molar-refractivity contribution in [3.8, 4) is 6.07 Å². The topological polar surface area (TPSA) is 44.1 Å². The Morgan fingerprint density at radius 1 is 1.30 bits per heavy atom. The van der Waals surface area contributed by atoms with Crippen molar-refractivity contribution in [3.05, 3.63) is 58.6 Å². The minimum absolute atomic E-state index is 0.249. The third-order valence-corrected chi connectivity index (χ3v) is 3.46. The first kappa shape index (κ1) is 14.4. The highest BCUT2D eigenvalue weighted by Crippen LogP contribution is 2.23. The van der Waals surface area contributed by atoms with Crippen LogP contribution in [0.3, 0.4) is 0 Å². The molecule has 0 atom stereocenters. The zero-order valence-corrected chi connectivity index (χ0v) is 12.3. The predicted octanol–water partition coefficient (Wildman–Crippen LogP) is 3.78. The highest BCUT2D eigenvalue weighted by Gasteiger charge is 2.17. The normalized spacial score (nSPS) is 9.90. The molecule has 0 aromatic heterocycles. The molecule has 2 rings (SSSR count). The number of carbonyl (C=O) groups excluding carboxylic acids is 1. The van der Waals surface area contributed by atoms with Crippen LogP contribution in [0, 0.1) is 11.3 Å². The van der Waals surface area contributed by atoms with Gasteiger partial charge in [-0.25, -0.2) is 0 Å². The number of nitriles is 1. The van der Waals surface area contributed by atoms with E-state index in [-0.39, 0.29) is 5.91 Å².